The zero-order valence-corrected chi connectivity index (χ0v) is 9.88. The van der Waals surface area contributed by atoms with Crippen LogP contribution in [-0.2, 0) is 0 Å². The maximum Gasteiger partial charge on any atom is 0.321 e. The number of benzene rings is 1. The first-order valence-electron chi connectivity index (χ1n) is 5.14. The fraction of sp³-hybridized carbons (Fsp3) is 0.273. The second-order valence-electron chi connectivity index (χ2n) is 3.22. The third-order valence-corrected chi connectivity index (χ3v) is 2.18. The summed E-state index contributed by atoms with van der Waals surface area (Å²) in [4.78, 5) is 16.4. The van der Waals surface area contributed by atoms with Gasteiger partial charge < -0.3 is 16.2 Å². The summed E-state index contributed by atoms with van der Waals surface area (Å²) in [5.74, 6) is 0.625. The standard InChI is InChI=1S/C11H16N4O2/c1-3-15(11(13)16)10(12)14-8-6-4-5-7-9(8)17-2/h4-7H,3H2,1-2H3,(H2,12,14)(H2,13,16). The molecule has 1 aromatic carbocycles. The summed E-state index contributed by atoms with van der Waals surface area (Å²) in [6.45, 7) is 2.12. The molecule has 4 N–H and O–H groups in total. The predicted octanol–water partition coefficient (Wildman–Crippen LogP) is 1.04. The molecule has 0 fully saturated rings. The van der Waals surface area contributed by atoms with E-state index in [0.29, 0.717) is 18.0 Å². The van der Waals surface area contributed by atoms with Crippen LogP contribution in [-0.4, -0.2) is 30.5 Å². The van der Waals surface area contributed by atoms with Crippen LogP contribution in [0.25, 0.3) is 0 Å². The van der Waals surface area contributed by atoms with E-state index in [9.17, 15) is 4.79 Å². The number of primary amides is 1. The minimum absolute atomic E-state index is 0.0458. The Kier molecular flexibility index (Phi) is 4.33. The fourth-order valence-corrected chi connectivity index (χ4v) is 1.34. The summed E-state index contributed by atoms with van der Waals surface area (Å²) in [5.41, 5.74) is 11.4. The lowest BCUT2D eigenvalue weighted by Crippen LogP contribution is -2.44. The lowest BCUT2D eigenvalue weighted by atomic mass is 10.3. The lowest BCUT2D eigenvalue weighted by molar-refractivity contribution is 0.231. The summed E-state index contributed by atoms with van der Waals surface area (Å²) < 4.78 is 5.12. The van der Waals surface area contributed by atoms with Gasteiger partial charge in [-0.2, -0.15) is 0 Å². The third kappa shape index (κ3) is 3.10. The van der Waals surface area contributed by atoms with Gasteiger partial charge in [0, 0.05) is 6.54 Å². The van der Waals surface area contributed by atoms with E-state index in [1.54, 1.807) is 25.1 Å². The van der Waals surface area contributed by atoms with Crippen LogP contribution < -0.4 is 16.2 Å². The first-order chi connectivity index (χ1) is 8.10. The molecular formula is C11H16N4O2. The summed E-state index contributed by atoms with van der Waals surface area (Å²) in [5, 5.41) is 0. The van der Waals surface area contributed by atoms with Crippen LogP contribution in [0.2, 0.25) is 0 Å². The van der Waals surface area contributed by atoms with Crippen molar-refractivity contribution in [1.29, 1.82) is 0 Å². The Morgan fingerprint density at radius 1 is 1.41 bits per heavy atom. The Morgan fingerprint density at radius 2 is 2.06 bits per heavy atom. The topological polar surface area (TPSA) is 93.9 Å². The number of carbonyl (C=O) groups is 1. The summed E-state index contributed by atoms with van der Waals surface area (Å²) in [7, 11) is 1.54. The number of ether oxygens (including phenoxy) is 1. The van der Waals surface area contributed by atoms with Gasteiger partial charge in [0.1, 0.15) is 11.4 Å². The van der Waals surface area contributed by atoms with Crippen LogP contribution >= 0.6 is 0 Å². The molecule has 0 atom stereocenters. The molecule has 6 nitrogen and oxygen atoms in total. The van der Waals surface area contributed by atoms with E-state index in [4.69, 9.17) is 16.2 Å². The molecule has 0 aliphatic heterocycles. The van der Waals surface area contributed by atoms with Crippen molar-refractivity contribution in [3.63, 3.8) is 0 Å². The van der Waals surface area contributed by atoms with Crippen LogP contribution in [0.4, 0.5) is 10.5 Å². The van der Waals surface area contributed by atoms with Crippen LogP contribution in [0.5, 0.6) is 5.75 Å². The van der Waals surface area contributed by atoms with E-state index < -0.39 is 6.03 Å². The quantitative estimate of drug-likeness (QED) is 0.606. The number of aliphatic imine (C=N–C) groups is 1. The van der Waals surface area contributed by atoms with E-state index in [1.807, 2.05) is 6.07 Å². The summed E-state index contributed by atoms with van der Waals surface area (Å²) >= 11 is 0. The van der Waals surface area contributed by atoms with Crippen molar-refractivity contribution in [2.45, 2.75) is 6.92 Å². The van der Waals surface area contributed by atoms with Gasteiger partial charge in [0.25, 0.3) is 0 Å². The number of guanidine groups is 1. The van der Waals surface area contributed by atoms with E-state index in [0.717, 1.165) is 0 Å². The van der Waals surface area contributed by atoms with Crippen molar-refractivity contribution in [2.75, 3.05) is 13.7 Å². The average molecular weight is 236 g/mol. The molecule has 0 spiro atoms. The van der Waals surface area contributed by atoms with E-state index in [2.05, 4.69) is 4.99 Å². The van der Waals surface area contributed by atoms with Crippen LogP contribution in [0.15, 0.2) is 29.3 Å². The van der Waals surface area contributed by atoms with Crippen molar-refractivity contribution in [3.05, 3.63) is 24.3 Å². The number of methoxy groups -OCH3 is 1. The molecule has 0 aliphatic carbocycles. The second kappa shape index (κ2) is 5.74. The van der Waals surface area contributed by atoms with Gasteiger partial charge in [-0.3, -0.25) is 4.90 Å². The van der Waals surface area contributed by atoms with Crippen molar-refractivity contribution in [3.8, 4) is 5.75 Å². The molecule has 92 valence electrons. The smallest absolute Gasteiger partial charge is 0.321 e. The van der Waals surface area contributed by atoms with Gasteiger partial charge >= 0.3 is 6.03 Å². The number of para-hydroxylation sites is 2. The number of hydrogen-bond donors (Lipinski definition) is 2. The zero-order chi connectivity index (χ0) is 12.8. The van der Waals surface area contributed by atoms with Gasteiger partial charge in [-0.25, -0.2) is 9.79 Å². The Bertz CT molecular complexity index is 431. The Balaban J connectivity index is 3.05. The minimum atomic E-state index is -0.636. The average Bonchev–Trinajstić information content (AvgIpc) is 2.30. The molecule has 0 aliphatic rings. The van der Waals surface area contributed by atoms with Crippen LogP contribution in [0.3, 0.4) is 0 Å². The first kappa shape index (κ1) is 12.8. The molecule has 0 unspecified atom stereocenters. The Hall–Kier alpha value is -2.24. The van der Waals surface area contributed by atoms with Crippen LogP contribution in [0, 0.1) is 0 Å². The highest BCUT2D eigenvalue weighted by Crippen LogP contribution is 2.26. The molecule has 17 heavy (non-hydrogen) atoms. The third-order valence-electron chi connectivity index (χ3n) is 2.18. The fourth-order valence-electron chi connectivity index (χ4n) is 1.34. The van der Waals surface area contributed by atoms with Crippen LogP contribution in [0.1, 0.15) is 6.92 Å². The molecule has 0 radical (unpaired) electrons. The Labute approximate surface area is 99.9 Å². The maximum absolute atomic E-state index is 11.1. The van der Waals surface area contributed by atoms with Gasteiger partial charge in [0.2, 0.25) is 5.96 Å². The number of rotatable bonds is 3. The molecule has 6 heteroatoms. The molecule has 1 aromatic rings. The molecule has 0 heterocycles. The number of nitrogens with two attached hydrogens (primary N) is 2. The molecule has 1 rings (SSSR count). The van der Waals surface area contributed by atoms with Gasteiger partial charge in [-0.05, 0) is 19.1 Å². The Morgan fingerprint density at radius 3 is 2.59 bits per heavy atom. The maximum atomic E-state index is 11.1. The van der Waals surface area contributed by atoms with E-state index in [-0.39, 0.29) is 5.96 Å². The predicted molar refractivity (Wildman–Crippen MR) is 66.2 cm³/mol. The van der Waals surface area contributed by atoms with Gasteiger partial charge in [0.15, 0.2) is 0 Å². The molecule has 0 bridgehead atoms. The molecular weight excluding hydrogens is 220 g/mol. The minimum Gasteiger partial charge on any atom is -0.494 e. The zero-order valence-electron chi connectivity index (χ0n) is 9.88. The normalized spacial score (nSPS) is 11.1. The largest absolute Gasteiger partial charge is 0.494 e. The molecule has 0 saturated heterocycles. The molecule has 0 saturated carbocycles. The highest BCUT2D eigenvalue weighted by molar-refractivity contribution is 5.96. The van der Waals surface area contributed by atoms with Crippen molar-refractivity contribution < 1.29 is 9.53 Å². The van der Waals surface area contributed by atoms with Gasteiger partial charge in [-0.15, -0.1) is 0 Å². The number of urea groups is 1. The SMILES string of the molecule is CCN(C(N)=O)C(N)=Nc1ccccc1OC. The molecule has 2 amide bonds. The number of carbonyl (C=O) groups excluding carboxylic acids is 1. The lowest BCUT2D eigenvalue weighted by Gasteiger charge is -2.16. The monoisotopic (exact) mass is 236 g/mol. The highest BCUT2D eigenvalue weighted by atomic mass is 16.5. The van der Waals surface area contributed by atoms with Gasteiger partial charge in [0.05, 0.1) is 7.11 Å². The van der Waals surface area contributed by atoms with E-state index >= 15 is 0 Å². The van der Waals surface area contributed by atoms with Gasteiger partial charge in [-0.1, -0.05) is 12.1 Å². The molecule has 0 aromatic heterocycles. The summed E-state index contributed by atoms with van der Waals surface area (Å²) in [6, 6.07) is 6.48. The number of hydrogen-bond acceptors (Lipinski definition) is 3. The van der Waals surface area contributed by atoms with Crippen molar-refractivity contribution in [1.82, 2.24) is 4.90 Å². The van der Waals surface area contributed by atoms with Crippen molar-refractivity contribution >= 4 is 17.7 Å². The van der Waals surface area contributed by atoms with E-state index in [1.165, 1.54) is 12.0 Å². The highest BCUT2D eigenvalue weighted by Gasteiger charge is 2.12. The number of amides is 2. The second-order valence-corrected chi connectivity index (χ2v) is 3.22. The van der Waals surface area contributed by atoms with Crippen molar-refractivity contribution in [2.24, 2.45) is 16.5 Å². The number of nitrogens with zero attached hydrogens (tertiary/aromatic N) is 2. The first-order valence-corrected chi connectivity index (χ1v) is 5.14. The summed E-state index contributed by atoms with van der Waals surface area (Å²) in [6.07, 6.45) is 0.